The van der Waals surface area contributed by atoms with E-state index in [-0.39, 0.29) is 0 Å². The van der Waals surface area contributed by atoms with Crippen LogP contribution in [-0.4, -0.2) is 56.8 Å². The van der Waals surface area contributed by atoms with Gasteiger partial charge in [0.1, 0.15) is 5.75 Å². The lowest BCUT2D eigenvalue weighted by Gasteiger charge is -2.19. The lowest BCUT2D eigenvalue weighted by atomic mass is 9.99. The quantitative estimate of drug-likeness (QED) is 0.447. The summed E-state index contributed by atoms with van der Waals surface area (Å²) in [5.41, 5.74) is 2.57. The molecule has 0 amide bonds. The first kappa shape index (κ1) is 22.7. The molecule has 1 aliphatic carbocycles. The summed E-state index contributed by atoms with van der Waals surface area (Å²) in [7, 11) is 4.15. The van der Waals surface area contributed by atoms with Crippen molar-refractivity contribution in [1.82, 2.24) is 19.8 Å². The van der Waals surface area contributed by atoms with E-state index in [2.05, 4.69) is 39.9 Å². The fourth-order valence-corrected chi connectivity index (χ4v) is 6.12. The van der Waals surface area contributed by atoms with Crippen LogP contribution in [0, 0.1) is 11.8 Å². The molecule has 0 bridgehead atoms. The summed E-state index contributed by atoms with van der Waals surface area (Å²) in [6.45, 7) is 5.02. The number of aryl methyl sites for hydroxylation is 1. The summed E-state index contributed by atoms with van der Waals surface area (Å²) in [5.74, 6) is -0.327. The second kappa shape index (κ2) is 8.60. The number of fused-ring (bicyclic) bond motifs is 2. The highest BCUT2D eigenvalue weighted by Crippen LogP contribution is 2.39. The first-order chi connectivity index (χ1) is 16.3. The molecule has 1 aromatic carbocycles. The van der Waals surface area contributed by atoms with Crippen molar-refractivity contribution >= 4 is 16.9 Å². The van der Waals surface area contributed by atoms with E-state index in [4.69, 9.17) is 0 Å². The Morgan fingerprint density at radius 1 is 1.21 bits per heavy atom. The Balaban J connectivity index is 1.45. The van der Waals surface area contributed by atoms with Crippen molar-refractivity contribution in [3.05, 3.63) is 51.4 Å². The Hall–Kier alpha value is -3.10. The van der Waals surface area contributed by atoms with Crippen LogP contribution in [0.4, 0.5) is 0 Å². The third-order valence-corrected chi connectivity index (χ3v) is 7.91. The Kier molecular flexibility index (Phi) is 5.73. The summed E-state index contributed by atoms with van der Waals surface area (Å²) in [6, 6.07) is 8.79. The molecule has 8 nitrogen and oxygen atoms in total. The number of pyridine rings is 1. The number of aromatic nitrogens is 2. The number of benzene rings is 1. The number of aromatic hydroxyl groups is 1. The maximum absolute atomic E-state index is 12.4. The maximum Gasteiger partial charge on any atom is 0.345 e. The summed E-state index contributed by atoms with van der Waals surface area (Å²) in [4.78, 5) is 29.0. The zero-order valence-electron chi connectivity index (χ0n) is 19.9. The van der Waals surface area contributed by atoms with Crippen molar-refractivity contribution in [2.45, 2.75) is 38.8 Å². The Bertz CT molecular complexity index is 1310. The molecule has 0 unspecified atom stereocenters. The molecule has 3 heterocycles. The van der Waals surface area contributed by atoms with Gasteiger partial charge in [0, 0.05) is 54.9 Å². The van der Waals surface area contributed by atoms with Gasteiger partial charge in [0.15, 0.2) is 5.56 Å². The van der Waals surface area contributed by atoms with Gasteiger partial charge in [0.25, 0.3) is 5.56 Å². The molecule has 0 spiro atoms. The number of nitrogens with zero attached hydrogens (tertiary/aromatic N) is 2. The van der Waals surface area contributed by atoms with Gasteiger partial charge < -0.3 is 25.1 Å². The first-order valence-corrected chi connectivity index (χ1v) is 12.0. The van der Waals surface area contributed by atoms with Crippen LogP contribution < -0.4 is 10.9 Å². The van der Waals surface area contributed by atoms with Gasteiger partial charge in [-0.1, -0.05) is 13.0 Å². The molecule has 0 radical (unpaired) electrons. The molecule has 180 valence electrons. The summed E-state index contributed by atoms with van der Waals surface area (Å²) in [6.07, 6.45) is 2.92. The second-order valence-corrected chi connectivity index (χ2v) is 9.83. The van der Waals surface area contributed by atoms with Crippen LogP contribution in [0.1, 0.15) is 41.4 Å². The van der Waals surface area contributed by atoms with Gasteiger partial charge in [-0.25, -0.2) is 4.79 Å². The summed E-state index contributed by atoms with van der Waals surface area (Å²) in [5, 5.41) is 24.3. The lowest BCUT2D eigenvalue weighted by molar-refractivity contribution is 0.0691. The van der Waals surface area contributed by atoms with E-state index < -0.39 is 22.8 Å². The molecule has 2 aliphatic rings. The van der Waals surface area contributed by atoms with Crippen molar-refractivity contribution in [3.63, 3.8) is 0 Å². The van der Waals surface area contributed by atoms with Crippen LogP contribution >= 0.6 is 0 Å². The largest absolute Gasteiger partial charge is 0.506 e. The maximum atomic E-state index is 12.4. The van der Waals surface area contributed by atoms with Crippen LogP contribution in [0.3, 0.4) is 0 Å². The van der Waals surface area contributed by atoms with E-state index >= 15 is 0 Å². The normalized spacial score (nSPS) is 22.5. The SMILES string of the molecule is CCc1c(-c2ccc3c(c2)cc(CN2C[C@H]4C[C@H](NC)C[C@H]4C2)n3C)[nH]c(=O)c(C(=O)O)c1O. The van der Waals surface area contributed by atoms with Gasteiger partial charge in [-0.05, 0) is 61.9 Å². The zero-order valence-corrected chi connectivity index (χ0v) is 19.9. The number of hydrogen-bond acceptors (Lipinski definition) is 5. The van der Waals surface area contributed by atoms with E-state index in [0.29, 0.717) is 23.7 Å². The van der Waals surface area contributed by atoms with Crippen LogP contribution in [-0.2, 0) is 20.0 Å². The number of H-pyrrole nitrogens is 1. The molecule has 2 fully saturated rings. The zero-order chi connectivity index (χ0) is 24.1. The highest BCUT2D eigenvalue weighted by molar-refractivity contribution is 5.92. The molecule has 3 atom stereocenters. The second-order valence-electron chi connectivity index (χ2n) is 9.83. The average molecular weight is 465 g/mol. The van der Waals surface area contributed by atoms with Crippen molar-refractivity contribution in [3.8, 4) is 17.0 Å². The molecule has 2 aromatic heterocycles. The van der Waals surface area contributed by atoms with E-state index in [1.807, 2.05) is 25.1 Å². The van der Waals surface area contributed by atoms with Crippen LogP contribution in [0.15, 0.2) is 29.1 Å². The van der Waals surface area contributed by atoms with Crippen LogP contribution in [0.5, 0.6) is 5.75 Å². The number of carboxylic acid groups (broad SMARTS) is 1. The smallest absolute Gasteiger partial charge is 0.345 e. The fraction of sp³-hybridized carbons (Fsp3) is 0.462. The first-order valence-electron chi connectivity index (χ1n) is 12.0. The van der Waals surface area contributed by atoms with Crippen LogP contribution in [0.25, 0.3) is 22.2 Å². The number of likely N-dealkylation sites (tertiary alicyclic amines) is 1. The average Bonchev–Trinajstić information content (AvgIpc) is 3.44. The molecule has 1 saturated carbocycles. The van der Waals surface area contributed by atoms with E-state index in [1.165, 1.54) is 18.5 Å². The van der Waals surface area contributed by atoms with Gasteiger partial charge in [-0.2, -0.15) is 0 Å². The monoisotopic (exact) mass is 464 g/mol. The predicted octanol–water partition coefficient (Wildman–Crippen LogP) is 2.93. The number of nitrogens with one attached hydrogen (secondary N) is 2. The van der Waals surface area contributed by atoms with Gasteiger partial charge in [-0.3, -0.25) is 9.69 Å². The van der Waals surface area contributed by atoms with Gasteiger partial charge in [0.2, 0.25) is 0 Å². The molecule has 1 saturated heterocycles. The standard InChI is InChI=1S/C26H32N4O4/c1-4-20-23(28-25(32)22(24(20)31)26(33)34)14-5-6-21-15(7-14)10-19(29(21)3)13-30-11-16-8-18(27-2)9-17(16)12-30/h5-7,10,16-18,27H,4,8-9,11-13H2,1-3H3,(H,33,34)(H2,28,31,32)/t16-,17+,18+. The summed E-state index contributed by atoms with van der Waals surface area (Å²) >= 11 is 0. The molecule has 1 aliphatic heterocycles. The van der Waals surface area contributed by atoms with E-state index in [9.17, 15) is 19.8 Å². The van der Waals surface area contributed by atoms with E-state index in [1.54, 1.807) is 0 Å². The number of carbonyl (C=O) groups is 1. The fourth-order valence-electron chi connectivity index (χ4n) is 6.12. The number of rotatable bonds is 6. The van der Waals surface area contributed by atoms with Crippen molar-refractivity contribution in [2.75, 3.05) is 20.1 Å². The minimum atomic E-state index is -1.43. The Morgan fingerprint density at radius 3 is 2.53 bits per heavy atom. The van der Waals surface area contributed by atoms with Gasteiger partial charge in [0.05, 0.1) is 5.69 Å². The topological polar surface area (TPSA) is 111 Å². The van der Waals surface area contributed by atoms with Crippen LogP contribution in [0.2, 0.25) is 0 Å². The molecular formula is C26H32N4O4. The highest BCUT2D eigenvalue weighted by atomic mass is 16.4. The number of aromatic carboxylic acids is 1. The predicted molar refractivity (Wildman–Crippen MR) is 131 cm³/mol. The number of aromatic amines is 1. The number of hydrogen-bond donors (Lipinski definition) is 4. The highest BCUT2D eigenvalue weighted by Gasteiger charge is 2.40. The third-order valence-electron chi connectivity index (χ3n) is 7.91. The van der Waals surface area contributed by atoms with Gasteiger partial charge >= 0.3 is 5.97 Å². The van der Waals surface area contributed by atoms with Gasteiger partial charge in [-0.15, -0.1) is 0 Å². The molecular weight excluding hydrogens is 432 g/mol. The number of carboxylic acids is 1. The van der Waals surface area contributed by atoms with Crippen molar-refractivity contribution in [1.29, 1.82) is 0 Å². The third kappa shape index (κ3) is 3.71. The molecule has 8 heteroatoms. The minimum Gasteiger partial charge on any atom is -0.506 e. The van der Waals surface area contributed by atoms with E-state index in [0.717, 1.165) is 47.9 Å². The molecule has 34 heavy (non-hydrogen) atoms. The van der Waals surface area contributed by atoms with Crippen molar-refractivity contribution in [2.24, 2.45) is 18.9 Å². The molecule has 5 rings (SSSR count). The van der Waals surface area contributed by atoms with Crippen molar-refractivity contribution < 1.29 is 15.0 Å². The summed E-state index contributed by atoms with van der Waals surface area (Å²) < 4.78 is 2.22. The molecule has 4 N–H and O–H groups in total. The Morgan fingerprint density at radius 2 is 1.91 bits per heavy atom. The Labute approximate surface area is 198 Å². The molecule has 3 aromatic rings. The minimum absolute atomic E-state index is 0.391. The lowest BCUT2D eigenvalue weighted by Crippen LogP contribution is -2.27.